The molecule has 0 fully saturated rings. The second-order valence-electron chi connectivity index (χ2n) is 5.47. The molecule has 0 spiro atoms. The fraction of sp³-hybridized carbons (Fsp3) is 0.400. The van der Waals surface area contributed by atoms with Crippen LogP contribution >= 0.6 is 0 Å². The molecule has 0 aliphatic heterocycles. The summed E-state index contributed by atoms with van der Waals surface area (Å²) in [4.78, 5) is 6.50. The normalized spacial score (nSPS) is 14.8. The first-order valence-electron chi connectivity index (χ1n) is 6.62. The molecule has 0 radical (unpaired) electrons. The highest BCUT2D eigenvalue weighted by atomic mass is 32.2. The summed E-state index contributed by atoms with van der Waals surface area (Å²) in [6, 6.07) is 5.27. The van der Waals surface area contributed by atoms with E-state index in [2.05, 4.69) is 9.83 Å². The van der Waals surface area contributed by atoms with E-state index in [0.717, 1.165) is 16.5 Å². The highest BCUT2D eigenvalue weighted by molar-refractivity contribution is 7.91. The van der Waals surface area contributed by atoms with Gasteiger partial charge in [0.25, 0.3) is 0 Å². The van der Waals surface area contributed by atoms with Gasteiger partial charge in [0.05, 0.1) is 12.3 Å². The number of aromatic amines is 1. The number of sulfone groups is 1. The largest absolute Gasteiger partial charge is 0.383 e. The average Bonchev–Trinajstić information content (AvgIpc) is 2.80. The Balaban J connectivity index is 2.50. The third kappa shape index (κ3) is 3.09. The summed E-state index contributed by atoms with van der Waals surface area (Å²) in [5, 5.41) is 11.3. The van der Waals surface area contributed by atoms with Crippen molar-refractivity contribution in [2.45, 2.75) is 26.4 Å². The lowest BCUT2D eigenvalue weighted by atomic mass is 10.1. The summed E-state index contributed by atoms with van der Waals surface area (Å²) in [6.45, 7) is 12.0. The molecule has 21 heavy (non-hydrogen) atoms. The van der Waals surface area contributed by atoms with E-state index in [-0.39, 0.29) is 11.5 Å². The first-order chi connectivity index (χ1) is 9.68. The van der Waals surface area contributed by atoms with Crippen molar-refractivity contribution in [2.24, 2.45) is 0 Å². The molecule has 2 aromatic rings. The molecular weight excluding hydrogens is 288 g/mol. The average molecular weight is 306 g/mol. The third-order valence-corrected chi connectivity index (χ3v) is 5.46. The van der Waals surface area contributed by atoms with Gasteiger partial charge in [0.1, 0.15) is 5.60 Å². The Hall–Kier alpha value is -1.84. The number of nitrogens with one attached hydrogen (secondary N) is 1. The van der Waals surface area contributed by atoms with Crippen LogP contribution in [-0.2, 0) is 15.4 Å². The highest BCUT2D eigenvalue weighted by Gasteiger charge is 2.31. The minimum absolute atomic E-state index is 0.00957. The molecule has 0 amide bonds. The molecule has 2 rings (SSSR count). The Bertz CT molecular complexity index is 826. The zero-order chi connectivity index (χ0) is 15.8. The van der Waals surface area contributed by atoms with Crippen molar-refractivity contribution in [3.63, 3.8) is 0 Å². The highest BCUT2D eigenvalue weighted by Crippen LogP contribution is 2.30. The number of rotatable bonds is 4. The Kier molecular flexibility index (Phi) is 3.83. The fourth-order valence-electron chi connectivity index (χ4n) is 2.30. The SMILES string of the molecule is [C-]#[N+]c1cc2cc(C(C)(O)CS(=O)(=O)CC)[nH]c2cc1C. The van der Waals surface area contributed by atoms with Crippen LogP contribution < -0.4 is 0 Å². The van der Waals surface area contributed by atoms with Crippen molar-refractivity contribution in [3.8, 4) is 0 Å². The summed E-state index contributed by atoms with van der Waals surface area (Å²) >= 11 is 0. The molecule has 0 saturated carbocycles. The maximum absolute atomic E-state index is 11.7. The van der Waals surface area contributed by atoms with Crippen LogP contribution in [0.1, 0.15) is 25.1 Å². The maximum Gasteiger partial charge on any atom is 0.190 e. The number of H-pyrrole nitrogens is 1. The van der Waals surface area contributed by atoms with Gasteiger partial charge in [0.15, 0.2) is 15.5 Å². The summed E-state index contributed by atoms with van der Waals surface area (Å²) < 4.78 is 23.5. The van der Waals surface area contributed by atoms with Gasteiger partial charge in [0, 0.05) is 17.0 Å². The maximum atomic E-state index is 11.7. The molecule has 1 unspecified atom stereocenters. The van der Waals surface area contributed by atoms with Gasteiger partial charge in [0.2, 0.25) is 0 Å². The lowest BCUT2D eigenvalue weighted by molar-refractivity contribution is 0.0780. The number of fused-ring (bicyclic) bond motifs is 1. The lowest BCUT2D eigenvalue weighted by Crippen LogP contribution is -2.32. The molecule has 0 saturated heterocycles. The summed E-state index contributed by atoms with van der Waals surface area (Å²) in [7, 11) is -3.30. The van der Waals surface area contributed by atoms with Gasteiger partial charge < -0.3 is 10.1 Å². The Labute approximate surface area is 124 Å². The lowest BCUT2D eigenvalue weighted by Gasteiger charge is -2.21. The molecule has 6 heteroatoms. The second kappa shape index (κ2) is 5.17. The smallest absolute Gasteiger partial charge is 0.190 e. The van der Waals surface area contributed by atoms with Crippen molar-refractivity contribution < 1.29 is 13.5 Å². The molecule has 1 heterocycles. The van der Waals surface area contributed by atoms with Crippen molar-refractivity contribution in [1.82, 2.24) is 4.98 Å². The molecule has 0 bridgehead atoms. The zero-order valence-electron chi connectivity index (χ0n) is 12.3. The van der Waals surface area contributed by atoms with Gasteiger partial charge in [-0.25, -0.2) is 13.3 Å². The van der Waals surface area contributed by atoms with Gasteiger partial charge in [-0.05, 0) is 43.0 Å². The first kappa shape index (κ1) is 15.5. The number of nitrogens with zero attached hydrogens (tertiary/aromatic N) is 1. The van der Waals surface area contributed by atoms with Crippen molar-refractivity contribution in [2.75, 3.05) is 11.5 Å². The topological polar surface area (TPSA) is 74.5 Å². The first-order valence-corrected chi connectivity index (χ1v) is 8.45. The Morgan fingerprint density at radius 3 is 2.62 bits per heavy atom. The van der Waals surface area contributed by atoms with Gasteiger partial charge in [-0.1, -0.05) is 6.92 Å². The fourth-order valence-corrected chi connectivity index (χ4v) is 3.51. The summed E-state index contributed by atoms with van der Waals surface area (Å²) in [5.74, 6) is -0.345. The van der Waals surface area contributed by atoms with Crippen LogP contribution in [0, 0.1) is 13.5 Å². The minimum Gasteiger partial charge on any atom is -0.383 e. The van der Waals surface area contributed by atoms with E-state index in [1.165, 1.54) is 6.92 Å². The zero-order valence-corrected chi connectivity index (χ0v) is 13.1. The van der Waals surface area contributed by atoms with Crippen LogP contribution in [0.4, 0.5) is 5.69 Å². The predicted molar refractivity (Wildman–Crippen MR) is 83.2 cm³/mol. The van der Waals surface area contributed by atoms with E-state index >= 15 is 0 Å². The van der Waals surface area contributed by atoms with E-state index in [4.69, 9.17) is 6.57 Å². The summed E-state index contributed by atoms with van der Waals surface area (Å²) in [6.07, 6.45) is 0. The monoisotopic (exact) mass is 306 g/mol. The molecule has 5 nitrogen and oxygen atoms in total. The van der Waals surface area contributed by atoms with Crippen LogP contribution in [0.5, 0.6) is 0 Å². The molecule has 1 aromatic carbocycles. The Morgan fingerprint density at radius 1 is 1.38 bits per heavy atom. The predicted octanol–water partition coefficient (Wildman–Crippen LogP) is 2.67. The Morgan fingerprint density at radius 2 is 2.05 bits per heavy atom. The van der Waals surface area contributed by atoms with Gasteiger partial charge in [-0.2, -0.15) is 0 Å². The van der Waals surface area contributed by atoms with E-state index in [1.54, 1.807) is 19.1 Å². The number of hydrogen-bond acceptors (Lipinski definition) is 3. The minimum atomic E-state index is -3.30. The molecule has 112 valence electrons. The number of aryl methyl sites for hydroxylation is 1. The van der Waals surface area contributed by atoms with Crippen LogP contribution in [0.25, 0.3) is 15.7 Å². The summed E-state index contributed by atoms with van der Waals surface area (Å²) in [5.41, 5.74) is 1.13. The van der Waals surface area contributed by atoms with Crippen LogP contribution in [0.15, 0.2) is 18.2 Å². The molecule has 1 aromatic heterocycles. The standard InChI is InChI=1S/C15H18N2O3S/c1-5-21(19,20)9-15(3,18)14-8-11-7-12(16-4)10(2)6-13(11)17-14/h6-8,17-18H,5,9H2,1-3H3. The van der Waals surface area contributed by atoms with E-state index in [0.29, 0.717) is 11.4 Å². The molecule has 2 N–H and O–H groups in total. The number of benzene rings is 1. The van der Waals surface area contributed by atoms with Crippen molar-refractivity contribution in [1.29, 1.82) is 0 Å². The van der Waals surface area contributed by atoms with Crippen LogP contribution in [-0.4, -0.2) is 30.0 Å². The molecule has 0 aliphatic carbocycles. The number of aromatic nitrogens is 1. The molecule has 0 aliphatic rings. The van der Waals surface area contributed by atoms with Crippen LogP contribution in [0.3, 0.4) is 0 Å². The van der Waals surface area contributed by atoms with Gasteiger partial charge in [-0.15, -0.1) is 0 Å². The van der Waals surface area contributed by atoms with Crippen molar-refractivity contribution in [3.05, 3.63) is 40.9 Å². The molecular formula is C15H18N2O3S. The van der Waals surface area contributed by atoms with E-state index in [1.807, 2.05) is 13.0 Å². The van der Waals surface area contributed by atoms with E-state index < -0.39 is 15.4 Å². The van der Waals surface area contributed by atoms with Crippen LogP contribution in [0.2, 0.25) is 0 Å². The van der Waals surface area contributed by atoms with Gasteiger partial charge in [-0.3, -0.25) is 0 Å². The van der Waals surface area contributed by atoms with E-state index in [9.17, 15) is 13.5 Å². The number of hydrogen-bond donors (Lipinski definition) is 2. The quantitative estimate of drug-likeness (QED) is 0.853. The second-order valence-corrected chi connectivity index (χ2v) is 7.82. The molecule has 1 atom stereocenters. The number of aliphatic hydroxyl groups is 1. The third-order valence-electron chi connectivity index (χ3n) is 3.58. The van der Waals surface area contributed by atoms with Gasteiger partial charge >= 0.3 is 0 Å². The van der Waals surface area contributed by atoms with Crippen molar-refractivity contribution >= 4 is 26.4 Å².